The topological polar surface area (TPSA) is 24.5 Å². The Hall–Kier alpha value is -0.120. The molecular formula is C14H28N2O. The van der Waals surface area contributed by atoms with Gasteiger partial charge in [0.05, 0.1) is 12.2 Å². The van der Waals surface area contributed by atoms with Crippen molar-refractivity contribution in [3.63, 3.8) is 0 Å². The first-order valence-electron chi connectivity index (χ1n) is 7.18. The van der Waals surface area contributed by atoms with E-state index in [1.54, 1.807) is 0 Å². The first-order chi connectivity index (χ1) is 8.12. The minimum Gasteiger partial charge on any atom is -0.372 e. The van der Waals surface area contributed by atoms with Crippen molar-refractivity contribution in [1.29, 1.82) is 0 Å². The molecule has 3 heteroatoms. The van der Waals surface area contributed by atoms with E-state index in [-0.39, 0.29) is 5.60 Å². The summed E-state index contributed by atoms with van der Waals surface area (Å²) in [7, 11) is 2.23. The predicted molar refractivity (Wildman–Crippen MR) is 71.3 cm³/mol. The van der Waals surface area contributed by atoms with Gasteiger partial charge in [-0.15, -0.1) is 0 Å². The molecule has 2 fully saturated rings. The van der Waals surface area contributed by atoms with Gasteiger partial charge >= 0.3 is 0 Å². The maximum absolute atomic E-state index is 6.26. The first-order valence-corrected chi connectivity index (χ1v) is 7.18. The van der Waals surface area contributed by atoms with E-state index in [2.05, 4.69) is 31.1 Å². The monoisotopic (exact) mass is 240 g/mol. The van der Waals surface area contributed by atoms with Gasteiger partial charge in [-0.25, -0.2) is 0 Å². The molecule has 0 aromatic heterocycles. The molecule has 0 aliphatic carbocycles. The zero-order chi connectivity index (χ0) is 12.3. The summed E-state index contributed by atoms with van der Waals surface area (Å²) in [5.74, 6) is 0.743. The van der Waals surface area contributed by atoms with Crippen molar-refractivity contribution < 1.29 is 4.74 Å². The summed E-state index contributed by atoms with van der Waals surface area (Å²) < 4.78 is 6.26. The molecule has 0 aromatic rings. The van der Waals surface area contributed by atoms with Gasteiger partial charge in [-0.2, -0.15) is 0 Å². The fourth-order valence-electron chi connectivity index (χ4n) is 3.30. The van der Waals surface area contributed by atoms with E-state index >= 15 is 0 Å². The number of morpholine rings is 1. The molecule has 1 N–H and O–H groups in total. The van der Waals surface area contributed by atoms with Crippen LogP contribution < -0.4 is 5.32 Å². The van der Waals surface area contributed by atoms with Crippen molar-refractivity contribution in [3.05, 3.63) is 0 Å². The van der Waals surface area contributed by atoms with Gasteiger partial charge in [-0.05, 0) is 45.2 Å². The van der Waals surface area contributed by atoms with Crippen LogP contribution in [-0.2, 0) is 4.74 Å². The number of hydrogen-bond acceptors (Lipinski definition) is 3. The number of nitrogens with zero attached hydrogens (tertiary/aromatic N) is 1. The summed E-state index contributed by atoms with van der Waals surface area (Å²) in [5, 5.41) is 3.71. The third-order valence-electron chi connectivity index (χ3n) is 4.28. The number of hydrogen-bond donors (Lipinski definition) is 1. The highest BCUT2D eigenvalue weighted by Gasteiger charge is 2.42. The SMILES string of the molecule is CC(C)CC1NCCOC12CCCN(C)CC2. The van der Waals surface area contributed by atoms with Crippen LogP contribution in [0.3, 0.4) is 0 Å². The third-order valence-corrected chi connectivity index (χ3v) is 4.28. The molecule has 2 aliphatic heterocycles. The zero-order valence-corrected chi connectivity index (χ0v) is 11.7. The van der Waals surface area contributed by atoms with Crippen molar-refractivity contribution in [2.75, 3.05) is 33.3 Å². The zero-order valence-electron chi connectivity index (χ0n) is 11.7. The van der Waals surface area contributed by atoms with Gasteiger partial charge in [-0.1, -0.05) is 13.8 Å². The standard InChI is InChI=1S/C14H28N2O/c1-12(2)11-13-14(17-10-7-15-13)5-4-8-16(3)9-6-14/h12-13,15H,4-11H2,1-3H3. The second kappa shape index (κ2) is 5.68. The summed E-state index contributed by atoms with van der Waals surface area (Å²) in [5.41, 5.74) is 0.118. The van der Waals surface area contributed by atoms with Gasteiger partial charge < -0.3 is 15.0 Å². The molecule has 2 atom stereocenters. The second-order valence-electron chi connectivity index (χ2n) is 6.21. The van der Waals surface area contributed by atoms with Crippen LogP contribution in [-0.4, -0.2) is 49.8 Å². The average Bonchev–Trinajstić information content (AvgIpc) is 2.46. The van der Waals surface area contributed by atoms with Crippen molar-refractivity contribution in [1.82, 2.24) is 10.2 Å². The Bertz CT molecular complexity index is 244. The largest absolute Gasteiger partial charge is 0.372 e. The van der Waals surface area contributed by atoms with Crippen LogP contribution in [0.4, 0.5) is 0 Å². The molecule has 0 saturated carbocycles. The molecule has 2 saturated heterocycles. The van der Waals surface area contributed by atoms with Crippen LogP contribution in [0, 0.1) is 5.92 Å². The van der Waals surface area contributed by atoms with Gasteiger partial charge in [-0.3, -0.25) is 0 Å². The van der Waals surface area contributed by atoms with Crippen LogP contribution in [0.1, 0.15) is 39.5 Å². The lowest BCUT2D eigenvalue weighted by molar-refractivity contribution is -0.109. The summed E-state index contributed by atoms with van der Waals surface area (Å²) in [6.07, 6.45) is 4.92. The normalized spacial score (nSPS) is 36.4. The molecular weight excluding hydrogens is 212 g/mol. The van der Waals surface area contributed by atoms with E-state index < -0.39 is 0 Å². The van der Waals surface area contributed by atoms with E-state index in [4.69, 9.17) is 4.74 Å². The highest BCUT2D eigenvalue weighted by molar-refractivity contribution is 4.98. The van der Waals surface area contributed by atoms with Gasteiger partial charge in [0.1, 0.15) is 0 Å². The summed E-state index contributed by atoms with van der Waals surface area (Å²) in [6, 6.07) is 0.558. The Morgan fingerprint density at radius 3 is 2.94 bits per heavy atom. The lowest BCUT2D eigenvalue weighted by atomic mass is 9.81. The second-order valence-corrected chi connectivity index (χ2v) is 6.21. The number of nitrogens with one attached hydrogen (secondary N) is 1. The van der Waals surface area contributed by atoms with Crippen molar-refractivity contribution in [2.24, 2.45) is 5.92 Å². The number of rotatable bonds is 2. The molecule has 2 rings (SSSR count). The van der Waals surface area contributed by atoms with Crippen LogP contribution in [0.2, 0.25) is 0 Å². The molecule has 0 radical (unpaired) electrons. The summed E-state index contributed by atoms with van der Waals surface area (Å²) in [6.45, 7) is 8.93. The molecule has 17 heavy (non-hydrogen) atoms. The van der Waals surface area contributed by atoms with Crippen LogP contribution >= 0.6 is 0 Å². The van der Waals surface area contributed by atoms with Crippen molar-refractivity contribution >= 4 is 0 Å². The van der Waals surface area contributed by atoms with Crippen molar-refractivity contribution in [2.45, 2.75) is 51.2 Å². The Balaban J connectivity index is 2.06. The summed E-state index contributed by atoms with van der Waals surface area (Å²) >= 11 is 0. The minimum absolute atomic E-state index is 0.118. The number of ether oxygens (including phenoxy) is 1. The molecule has 2 unspecified atom stereocenters. The lowest BCUT2D eigenvalue weighted by Crippen LogP contribution is -2.58. The molecule has 0 bridgehead atoms. The smallest absolute Gasteiger partial charge is 0.0848 e. The molecule has 100 valence electrons. The van der Waals surface area contributed by atoms with E-state index in [1.165, 1.54) is 38.8 Å². The van der Waals surface area contributed by atoms with E-state index in [0.29, 0.717) is 6.04 Å². The Kier molecular flexibility index (Phi) is 4.45. The van der Waals surface area contributed by atoms with Gasteiger partial charge in [0.15, 0.2) is 0 Å². The highest BCUT2D eigenvalue weighted by Crippen LogP contribution is 2.34. The summed E-state index contributed by atoms with van der Waals surface area (Å²) in [4.78, 5) is 2.44. The fourth-order valence-corrected chi connectivity index (χ4v) is 3.30. The average molecular weight is 240 g/mol. The van der Waals surface area contributed by atoms with E-state index in [0.717, 1.165) is 19.1 Å². The Morgan fingerprint density at radius 2 is 2.18 bits per heavy atom. The maximum atomic E-state index is 6.26. The molecule has 2 heterocycles. The maximum Gasteiger partial charge on any atom is 0.0848 e. The molecule has 0 aromatic carbocycles. The molecule has 1 spiro atoms. The Morgan fingerprint density at radius 1 is 1.35 bits per heavy atom. The first kappa shape index (κ1) is 13.3. The molecule has 0 amide bonds. The minimum atomic E-state index is 0.118. The third kappa shape index (κ3) is 3.21. The molecule has 3 nitrogen and oxygen atoms in total. The number of likely N-dealkylation sites (tertiary alicyclic amines) is 1. The van der Waals surface area contributed by atoms with Gasteiger partial charge in [0.2, 0.25) is 0 Å². The fraction of sp³-hybridized carbons (Fsp3) is 1.00. The highest BCUT2D eigenvalue weighted by atomic mass is 16.5. The lowest BCUT2D eigenvalue weighted by Gasteiger charge is -2.45. The van der Waals surface area contributed by atoms with E-state index in [1.807, 2.05) is 0 Å². The van der Waals surface area contributed by atoms with E-state index in [9.17, 15) is 0 Å². The van der Waals surface area contributed by atoms with Crippen LogP contribution in [0.5, 0.6) is 0 Å². The van der Waals surface area contributed by atoms with Gasteiger partial charge in [0.25, 0.3) is 0 Å². The Labute approximate surface area is 106 Å². The van der Waals surface area contributed by atoms with Crippen LogP contribution in [0.25, 0.3) is 0 Å². The van der Waals surface area contributed by atoms with Crippen LogP contribution in [0.15, 0.2) is 0 Å². The molecule has 2 aliphatic rings. The van der Waals surface area contributed by atoms with Crippen molar-refractivity contribution in [3.8, 4) is 0 Å². The van der Waals surface area contributed by atoms with Gasteiger partial charge in [0, 0.05) is 19.1 Å². The predicted octanol–water partition coefficient (Wildman–Crippen LogP) is 1.88. The quantitative estimate of drug-likeness (QED) is 0.797.